The third kappa shape index (κ3) is 2.18. The molecule has 0 amide bonds. The Hall–Kier alpha value is -0.550. The Bertz CT molecular complexity index is 349. The zero-order valence-electron chi connectivity index (χ0n) is 8.78. The van der Waals surface area contributed by atoms with Gasteiger partial charge in [0.05, 0.1) is 6.61 Å². The third-order valence-electron chi connectivity index (χ3n) is 2.09. The molecule has 0 aliphatic carbocycles. The first kappa shape index (κ1) is 11.0. The number of rotatable bonds is 2. The van der Waals surface area contributed by atoms with E-state index in [9.17, 15) is 4.79 Å². The molecule has 3 nitrogen and oxygen atoms in total. The molecule has 82 valence electrons. The van der Waals surface area contributed by atoms with Gasteiger partial charge in [0.25, 0.3) is 0 Å². The summed E-state index contributed by atoms with van der Waals surface area (Å²) in [5, 5.41) is 1.04. The maximum absolute atomic E-state index is 11.7. The van der Waals surface area contributed by atoms with Gasteiger partial charge in [-0.15, -0.1) is 11.8 Å². The fourth-order valence-corrected chi connectivity index (χ4v) is 3.64. The number of hydrogen-bond acceptors (Lipinski definition) is 5. The monoisotopic (exact) mass is 243 g/mol. The minimum absolute atomic E-state index is 0.183. The summed E-state index contributed by atoms with van der Waals surface area (Å²) in [5.41, 5.74) is 0. The lowest BCUT2D eigenvalue weighted by atomic mass is 10.5. The zero-order chi connectivity index (χ0) is 10.8. The molecule has 0 aromatic rings. The van der Waals surface area contributed by atoms with Gasteiger partial charge in [0, 0.05) is 23.4 Å². The van der Waals surface area contributed by atoms with Crippen LogP contribution in [0.1, 0.15) is 13.8 Å². The number of ether oxygens (including phenoxy) is 1. The summed E-state index contributed by atoms with van der Waals surface area (Å²) in [6.07, 6.45) is 2.10. The molecule has 0 aromatic heterocycles. The van der Waals surface area contributed by atoms with E-state index >= 15 is 0 Å². The number of nitrogens with zero attached hydrogens (tertiary/aromatic N) is 1. The van der Waals surface area contributed by atoms with Gasteiger partial charge in [-0.25, -0.2) is 4.79 Å². The van der Waals surface area contributed by atoms with Gasteiger partial charge in [-0.05, 0) is 13.8 Å². The molecule has 2 rings (SSSR count). The van der Waals surface area contributed by atoms with Crippen LogP contribution in [0.15, 0.2) is 21.0 Å². The Morgan fingerprint density at radius 2 is 2.47 bits per heavy atom. The number of hydrogen-bond donors (Lipinski definition) is 0. The van der Waals surface area contributed by atoms with E-state index in [1.165, 1.54) is 4.91 Å². The molecule has 0 unspecified atom stereocenters. The maximum atomic E-state index is 11.7. The summed E-state index contributed by atoms with van der Waals surface area (Å²) < 4.78 is 5.04. The number of carbonyl (C=O) groups excluding carboxylic acids is 1. The highest BCUT2D eigenvalue weighted by molar-refractivity contribution is 8.09. The lowest BCUT2D eigenvalue weighted by Crippen LogP contribution is -2.23. The van der Waals surface area contributed by atoms with Crippen molar-refractivity contribution in [2.45, 2.75) is 13.8 Å². The van der Waals surface area contributed by atoms with Gasteiger partial charge >= 0.3 is 5.97 Å². The molecule has 0 saturated carbocycles. The molecule has 15 heavy (non-hydrogen) atoms. The van der Waals surface area contributed by atoms with Crippen LogP contribution in [-0.4, -0.2) is 29.8 Å². The highest BCUT2D eigenvalue weighted by Gasteiger charge is 2.29. The molecule has 0 N–H and O–H groups in total. The second-order valence-corrected chi connectivity index (χ2v) is 5.58. The van der Waals surface area contributed by atoms with E-state index in [1.54, 1.807) is 23.5 Å². The van der Waals surface area contributed by atoms with Crippen molar-refractivity contribution in [3.8, 4) is 0 Å². The average molecular weight is 243 g/mol. The van der Waals surface area contributed by atoms with Crippen LogP contribution >= 0.6 is 23.5 Å². The highest BCUT2D eigenvalue weighted by Crippen LogP contribution is 2.43. The van der Waals surface area contributed by atoms with E-state index in [-0.39, 0.29) is 5.97 Å². The smallest absolute Gasteiger partial charge is 0.347 e. The van der Waals surface area contributed by atoms with E-state index in [4.69, 9.17) is 4.74 Å². The van der Waals surface area contributed by atoms with Crippen LogP contribution in [-0.2, 0) is 9.53 Å². The quantitative estimate of drug-likeness (QED) is 0.695. The Balaban J connectivity index is 2.23. The van der Waals surface area contributed by atoms with E-state index in [0.717, 1.165) is 22.2 Å². The van der Waals surface area contributed by atoms with Gasteiger partial charge in [0.1, 0.15) is 9.93 Å². The zero-order valence-corrected chi connectivity index (χ0v) is 10.4. The summed E-state index contributed by atoms with van der Waals surface area (Å²) in [6, 6.07) is 0. The van der Waals surface area contributed by atoms with Crippen LogP contribution in [0.4, 0.5) is 0 Å². The maximum Gasteiger partial charge on any atom is 0.347 e. The van der Waals surface area contributed by atoms with Crippen molar-refractivity contribution in [3.05, 3.63) is 21.0 Å². The second kappa shape index (κ2) is 4.53. The first-order valence-corrected chi connectivity index (χ1v) is 6.69. The van der Waals surface area contributed by atoms with Crippen LogP contribution in [0.25, 0.3) is 0 Å². The van der Waals surface area contributed by atoms with Crippen molar-refractivity contribution in [1.82, 2.24) is 4.90 Å². The van der Waals surface area contributed by atoms with Crippen LogP contribution in [0, 0.1) is 0 Å². The molecule has 2 aliphatic rings. The summed E-state index contributed by atoms with van der Waals surface area (Å²) in [7, 11) is 0. The normalized spacial score (nSPS) is 20.1. The van der Waals surface area contributed by atoms with E-state index < -0.39 is 0 Å². The molecule has 0 saturated heterocycles. The SMILES string of the molecule is CCOC(=O)C1=C2SC(C)=CN2CCS1. The lowest BCUT2D eigenvalue weighted by Gasteiger charge is -2.24. The summed E-state index contributed by atoms with van der Waals surface area (Å²) in [4.78, 5) is 15.8. The van der Waals surface area contributed by atoms with Crippen molar-refractivity contribution in [2.24, 2.45) is 0 Å². The van der Waals surface area contributed by atoms with Gasteiger partial charge in [-0.2, -0.15) is 0 Å². The fraction of sp³-hybridized carbons (Fsp3) is 0.500. The standard InChI is InChI=1S/C10H13NO2S2/c1-3-13-10(12)8-9-11(4-5-14-8)6-7(2)15-9/h6H,3-5H2,1-2H3. The first-order valence-electron chi connectivity index (χ1n) is 4.89. The highest BCUT2D eigenvalue weighted by atomic mass is 32.2. The van der Waals surface area contributed by atoms with Gasteiger partial charge in [-0.1, -0.05) is 11.8 Å². The van der Waals surface area contributed by atoms with E-state index in [0.29, 0.717) is 6.61 Å². The second-order valence-electron chi connectivity index (χ2n) is 3.24. The summed E-state index contributed by atoms with van der Waals surface area (Å²) in [6.45, 7) is 5.31. The van der Waals surface area contributed by atoms with Crippen molar-refractivity contribution in [1.29, 1.82) is 0 Å². The average Bonchev–Trinajstić information content (AvgIpc) is 2.57. The minimum atomic E-state index is -0.183. The minimum Gasteiger partial charge on any atom is -0.462 e. The number of allylic oxidation sites excluding steroid dienone is 1. The Morgan fingerprint density at radius 1 is 1.67 bits per heavy atom. The number of carbonyl (C=O) groups is 1. The van der Waals surface area contributed by atoms with Gasteiger partial charge in [0.2, 0.25) is 0 Å². The van der Waals surface area contributed by atoms with Crippen molar-refractivity contribution >= 4 is 29.5 Å². The Labute approximate surface area is 97.9 Å². The summed E-state index contributed by atoms with van der Waals surface area (Å²) >= 11 is 3.26. The summed E-state index contributed by atoms with van der Waals surface area (Å²) in [5.74, 6) is 0.764. The fourth-order valence-electron chi connectivity index (χ4n) is 1.51. The van der Waals surface area contributed by atoms with Gasteiger partial charge in [-0.3, -0.25) is 0 Å². The van der Waals surface area contributed by atoms with Crippen molar-refractivity contribution < 1.29 is 9.53 Å². The van der Waals surface area contributed by atoms with E-state index in [2.05, 4.69) is 18.0 Å². The van der Waals surface area contributed by atoms with Crippen molar-refractivity contribution in [3.63, 3.8) is 0 Å². The molecule has 5 heteroatoms. The van der Waals surface area contributed by atoms with Crippen LogP contribution in [0.2, 0.25) is 0 Å². The number of fused-ring (bicyclic) bond motifs is 1. The predicted molar refractivity (Wildman–Crippen MR) is 64.2 cm³/mol. The van der Waals surface area contributed by atoms with Crippen molar-refractivity contribution in [2.75, 3.05) is 18.9 Å². The molecule has 0 radical (unpaired) electrons. The third-order valence-corrected chi connectivity index (χ3v) is 4.31. The molecule has 2 aliphatic heterocycles. The Kier molecular flexibility index (Phi) is 3.31. The molecular weight excluding hydrogens is 230 g/mol. The largest absolute Gasteiger partial charge is 0.462 e. The van der Waals surface area contributed by atoms with Crippen LogP contribution < -0.4 is 0 Å². The number of thioether (sulfide) groups is 2. The van der Waals surface area contributed by atoms with Crippen LogP contribution in [0.3, 0.4) is 0 Å². The molecule has 0 bridgehead atoms. The topological polar surface area (TPSA) is 29.5 Å². The molecule has 0 fully saturated rings. The Morgan fingerprint density at radius 3 is 3.20 bits per heavy atom. The number of esters is 1. The van der Waals surface area contributed by atoms with E-state index in [1.807, 2.05) is 6.92 Å². The lowest BCUT2D eigenvalue weighted by molar-refractivity contribution is -0.137. The van der Waals surface area contributed by atoms with Crippen LogP contribution in [0.5, 0.6) is 0 Å². The van der Waals surface area contributed by atoms with Gasteiger partial charge in [0.15, 0.2) is 0 Å². The first-order chi connectivity index (χ1) is 7.22. The molecule has 0 aromatic carbocycles. The predicted octanol–water partition coefficient (Wildman–Crippen LogP) is 2.38. The molecular formula is C10H13NO2S2. The molecule has 0 spiro atoms. The molecule has 2 heterocycles. The van der Waals surface area contributed by atoms with Gasteiger partial charge < -0.3 is 9.64 Å². The molecule has 0 atom stereocenters.